The number of anilines is 1. The van der Waals surface area contributed by atoms with Crippen molar-refractivity contribution in [2.24, 2.45) is 10.9 Å². The molecule has 0 unspecified atom stereocenters. The molecule has 0 aromatic heterocycles. The van der Waals surface area contributed by atoms with Crippen LogP contribution in [0.15, 0.2) is 53.5 Å². The second-order valence-electron chi connectivity index (χ2n) is 5.41. The smallest absolute Gasteiger partial charge is 0.335 e. The van der Waals surface area contributed by atoms with Gasteiger partial charge in [-0.1, -0.05) is 23.7 Å². The number of carbonyl (C=O) groups is 3. The number of imide groups is 2. The van der Waals surface area contributed by atoms with Crippen molar-refractivity contribution in [3.63, 3.8) is 0 Å². The SMILES string of the molecule is COc1cccc(N2C(=O)NC(=O)[C@@H](C=Nc3cccc(Cl)c3)C2=O)c1. The molecule has 0 spiro atoms. The average Bonchev–Trinajstić information content (AvgIpc) is 2.61. The first kappa shape index (κ1) is 17.6. The summed E-state index contributed by atoms with van der Waals surface area (Å²) in [6.07, 6.45) is 1.20. The zero-order valence-corrected chi connectivity index (χ0v) is 14.4. The number of nitrogens with zero attached hydrogens (tertiary/aromatic N) is 2. The summed E-state index contributed by atoms with van der Waals surface area (Å²) in [5, 5.41) is 2.64. The van der Waals surface area contributed by atoms with Gasteiger partial charge in [-0.2, -0.15) is 0 Å². The molecular formula is C18H14ClN3O4. The van der Waals surface area contributed by atoms with Crippen molar-refractivity contribution >= 4 is 47.0 Å². The molecule has 3 rings (SSSR count). The molecule has 8 heteroatoms. The Morgan fingerprint density at radius 2 is 1.92 bits per heavy atom. The van der Waals surface area contributed by atoms with Crippen LogP contribution in [0, 0.1) is 5.92 Å². The molecule has 0 saturated carbocycles. The lowest BCUT2D eigenvalue weighted by Crippen LogP contribution is -2.58. The number of hydrogen-bond donors (Lipinski definition) is 1. The highest BCUT2D eigenvalue weighted by Gasteiger charge is 2.40. The van der Waals surface area contributed by atoms with Gasteiger partial charge in [-0.3, -0.25) is 19.9 Å². The molecule has 1 N–H and O–H groups in total. The molecule has 0 radical (unpaired) electrons. The van der Waals surface area contributed by atoms with Gasteiger partial charge in [0.15, 0.2) is 5.92 Å². The van der Waals surface area contributed by atoms with Crippen LogP contribution in [-0.4, -0.2) is 31.2 Å². The zero-order valence-electron chi connectivity index (χ0n) is 13.7. The highest BCUT2D eigenvalue weighted by molar-refractivity contribution is 6.33. The monoisotopic (exact) mass is 371 g/mol. The lowest BCUT2D eigenvalue weighted by atomic mass is 10.1. The molecule has 4 amide bonds. The van der Waals surface area contributed by atoms with Crippen molar-refractivity contribution in [2.75, 3.05) is 12.0 Å². The summed E-state index contributed by atoms with van der Waals surface area (Å²) in [6.45, 7) is 0. The van der Waals surface area contributed by atoms with Gasteiger partial charge in [0.2, 0.25) is 5.91 Å². The summed E-state index contributed by atoms with van der Waals surface area (Å²) < 4.78 is 5.11. The number of hydrogen-bond acceptors (Lipinski definition) is 5. The Labute approximate surface area is 154 Å². The van der Waals surface area contributed by atoms with Gasteiger partial charge in [-0.15, -0.1) is 0 Å². The molecule has 0 bridgehead atoms. The highest BCUT2D eigenvalue weighted by atomic mass is 35.5. The van der Waals surface area contributed by atoms with Crippen LogP contribution in [0.3, 0.4) is 0 Å². The molecule has 1 aliphatic heterocycles. The molecule has 1 fully saturated rings. The molecule has 26 heavy (non-hydrogen) atoms. The van der Waals surface area contributed by atoms with Crippen LogP contribution in [0.1, 0.15) is 0 Å². The van der Waals surface area contributed by atoms with E-state index in [1.165, 1.54) is 19.4 Å². The van der Waals surface area contributed by atoms with Crippen LogP contribution in [0.4, 0.5) is 16.2 Å². The molecule has 7 nitrogen and oxygen atoms in total. The van der Waals surface area contributed by atoms with Crippen LogP contribution in [0.5, 0.6) is 5.75 Å². The summed E-state index contributed by atoms with van der Waals surface area (Å²) in [6, 6.07) is 12.2. The summed E-state index contributed by atoms with van der Waals surface area (Å²) >= 11 is 5.89. The quantitative estimate of drug-likeness (QED) is 0.661. The Balaban J connectivity index is 1.90. The van der Waals surface area contributed by atoms with Crippen molar-refractivity contribution in [1.29, 1.82) is 0 Å². The number of aliphatic imine (C=N–C) groups is 1. The molecule has 1 atom stereocenters. The first-order chi connectivity index (χ1) is 12.5. The molecule has 132 valence electrons. The van der Waals surface area contributed by atoms with Gasteiger partial charge in [0.05, 0.1) is 18.5 Å². The van der Waals surface area contributed by atoms with E-state index < -0.39 is 23.8 Å². The van der Waals surface area contributed by atoms with E-state index in [1.54, 1.807) is 42.5 Å². The van der Waals surface area contributed by atoms with Crippen molar-refractivity contribution in [3.8, 4) is 5.75 Å². The van der Waals surface area contributed by atoms with Crippen LogP contribution < -0.4 is 15.0 Å². The van der Waals surface area contributed by atoms with E-state index in [4.69, 9.17) is 16.3 Å². The topological polar surface area (TPSA) is 88.1 Å². The van der Waals surface area contributed by atoms with Crippen molar-refractivity contribution in [3.05, 3.63) is 53.6 Å². The van der Waals surface area contributed by atoms with E-state index in [1.807, 2.05) is 0 Å². The standard InChI is InChI=1S/C18H14ClN3O4/c1-26-14-7-3-6-13(9-14)22-17(24)15(16(23)21-18(22)25)10-20-12-5-2-4-11(19)8-12/h2-10,15H,1H3,(H,21,23,25)/t15-/m1/s1. The summed E-state index contributed by atoms with van der Waals surface area (Å²) in [5.41, 5.74) is 0.781. The zero-order chi connectivity index (χ0) is 18.7. The largest absolute Gasteiger partial charge is 0.497 e. The van der Waals surface area contributed by atoms with Gasteiger partial charge in [-0.25, -0.2) is 9.69 Å². The number of carbonyl (C=O) groups excluding carboxylic acids is 3. The van der Waals surface area contributed by atoms with E-state index in [9.17, 15) is 14.4 Å². The first-order valence-corrected chi connectivity index (χ1v) is 8.00. The molecule has 2 aromatic rings. The number of urea groups is 1. The number of rotatable bonds is 4. The van der Waals surface area contributed by atoms with Gasteiger partial charge in [0, 0.05) is 17.3 Å². The van der Waals surface area contributed by atoms with Gasteiger partial charge < -0.3 is 4.74 Å². The Hall–Kier alpha value is -3.19. The lowest BCUT2D eigenvalue weighted by Gasteiger charge is -2.28. The maximum atomic E-state index is 12.7. The van der Waals surface area contributed by atoms with Crippen LogP contribution in [0.25, 0.3) is 0 Å². The van der Waals surface area contributed by atoms with E-state index in [2.05, 4.69) is 10.3 Å². The summed E-state index contributed by atoms with van der Waals surface area (Å²) in [7, 11) is 1.47. The number of barbiturate groups is 1. The van der Waals surface area contributed by atoms with Gasteiger partial charge in [0.25, 0.3) is 5.91 Å². The fourth-order valence-corrected chi connectivity index (χ4v) is 2.62. The third-order valence-corrected chi connectivity index (χ3v) is 3.93. The third-order valence-electron chi connectivity index (χ3n) is 3.69. The predicted octanol–water partition coefficient (Wildman–Crippen LogP) is 2.95. The maximum absolute atomic E-state index is 12.7. The second kappa shape index (κ2) is 7.37. The Bertz CT molecular complexity index is 913. The number of benzene rings is 2. The number of ether oxygens (including phenoxy) is 1. The number of nitrogens with one attached hydrogen (secondary N) is 1. The van der Waals surface area contributed by atoms with Gasteiger partial charge >= 0.3 is 6.03 Å². The van der Waals surface area contributed by atoms with Crippen LogP contribution in [0.2, 0.25) is 5.02 Å². The first-order valence-electron chi connectivity index (χ1n) is 7.62. The van der Waals surface area contributed by atoms with E-state index in [-0.39, 0.29) is 0 Å². The second-order valence-corrected chi connectivity index (χ2v) is 5.84. The van der Waals surface area contributed by atoms with Crippen molar-refractivity contribution < 1.29 is 19.1 Å². The predicted molar refractivity (Wildman–Crippen MR) is 97.1 cm³/mol. The van der Waals surface area contributed by atoms with Crippen LogP contribution in [-0.2, 0) is 9.59 Å². The number of methoxy groups -OCH3 is 1. The Morgan fingerprint density at radius 1 is 1.15 bits per heavy atom. The summed E-state index contributed by atoms with van der Waals surface area (Å²) in [4.78, 5) is 42.0. The van der Waals surface area contributed by atoms with Gasteiger partial charge in [-0.05, 0) is 30.3 Å². The number of amides is 4. The normalized spacial score (nSPS) is 17.5. The minimum atomic E-state index is -1.24. The molecule has 1 aliphatic rings. The van der Waals surface area contributed by atoms with E-state index in [0.717, 1.165) is 4.90 Å². The van der Waals surface area contributed by atoms with Crippen molar-refractivity contribution in [1.82, 2.24) is 5.32 Å². The van der Waals surface area contributed by atoms with E-state index >= 15 is 0 Å². The minimum absolute atomic E-state index is 0.292. The number of halogens is 1. The highest BCUT2D eigenvalue weighted by Crippen LogP contribution is 2.25. The van der Waals surface area contributed by atoms with Crippen LogP contribution >= 0.6 is 11.6 Å². The molecule has 1 heterocycles. The molecule has 2 aromatic carbocycles. The van der Waals surface area contributed by atoms with Gasteiger partial charge in [0.1, 0.15) is 5.75 Å². The molecule has 1 saturated heterocycles. The van der Waals surface area contributed by atoms with Crippen molar-refractivity contribution in [2.45, 2.75) is 0 Å². The fraction of sp³-hybridized carbons (Fsp3) is 0.111. The molecular weight excluding hydrogens is 358 g/mol. The van der Waals surface area contributed by atoms with E-state index in [0.29, 0.717) is 22.1 Å². The fourth-order valence-electron chi connectivity index (χ4n) is 2.43. The molecule has 0 aliphatic carbocycles. The minimum Gasteiger partial charge on any atom is -0.497 e. The Kier molecular flexibility index (Phi) is 4.99. The maximum Gasteiger partial charge on any atom is 0.335 e. The Morgan fingerprint density at radius 3 is 2.65 bits per heavy atom. The third kappa shape index (κ3) is 3.57. The average molecular weight is 372 g/mol. The summed E-state index contributed by atoms with van der Waals surface area (Å²) in [5.74, 6) is -2.19. The lowest BCUT2D eigenvalue weighted by molar-refractivity contribution is -0.131.